The van der Waals surface area contributed by atoms with Crippen molar-refractivity contribution in [2.75, 3.05) is 31.7 Å². The first-order valence-corrected chi connectivity index (χ1v) is 6.86. The Hall–Kier alpha value is -1.79. The van der Waals surface area contributed by atoms with Crippen LogP contribution in [0, 0.1) is 0 Å². The van der Waals surface area contributed by atoms with Gasteiger partial charge in [-0.3, -0.25) is 0 Å². The Kier molecular flexibility index (Phi) is 5.20. The topological polar surface area (TPSA) is 64.3 Å². The first kappa shape index (κ1) is 14.6. The summed E-state index contributed by atoms with van der Waals surface area (Å²) in [6, 6.07) is 7.94. The van der Waals surface area contributed by atoms with E-state index < -0.39 is 0 Å². The SMILES string of the molecule is COCCN(CCC(N)=S)c1cnnc2ccccc12. The molecule has 0 atom stereocenters. The van der Waals surface area contributed by atoms with Gasteiger partial charge in [-0.25, -0.2) is 0 Å². The molecule has 5 nitrogen and oxygen atoms in total. The Morgan fingerprint density at radius 3 is 2.90 bits per heavy atom. The molecule has 1 aromatic heterocycles. The molecule has 0 aliphatic carbocycles. The van der Waals surface area contributed by atoms with Gasteiger partial charge in [0, 0.05) is 32.0 Å². The average Bonchev–Trinajstić information content (AvgIpc) is 2.47. The molecule has 0 aliphatic rings. The van der Waals surface area contributed by atoms with Crippen molar-refractivity contribution in [2.24, 2.45) is 5.73 Å². The molecule has 0 fully saturated rings. The standard InChI is InChI=1S/C14H18N4OS/c1-19-9-8-18(7-6-14(15)20)13-10-16-17-12-5-3-2-4-11(12)13/h2-5,10H,6-9H2,1H3,(H2,15,20). The molecule has 2 rings (SSSR count). The van der Waals surface area contributed by atoms with E-state index in [1.807, 2.05) is 24.3 Å². The van der Waals surface area contributed by atoms with Crippen LogP contribution >= 0.6 is 12.2 Å². The summed E-state index contributed by atoms with van der Waals surface area (Å²) in [5.41, 5.74) is 7.51. The van der Waals surface area contributed by atoms with Crippen molar-refractivity contribution in [2.45, 2.75) is 6.42 Å². The number of nitrogens with zero attached hydrogens (tertiary/aromatic N) is 3. The zero-order valence-electron chi connectivity index (χ0n) is 11.5. The van der Waals surface area contributed by atoms with Crippen LogP contribution < -0.4 is 10.6 Å². The quantitative estimate of drug-likeness (QED) is 0.784. The van der Waals surface area contributed by atoms with Gasteiger partial charge in [0.2, 0.25) is 0 Å². The zero-order valence-corrected chi connectivity index (χ0v) is 12.3. The lowest BCUT2D eigenvalue weighted by atomic mass is 10.2. The molecule has 0 aliphatic heterocycles. The van der Waals surface area contributed by atoms with Gasteiger partial charge in [-0.05, 0) is 6.07 Å². The van der Waals surface area contributed by atoms with Crippen molar-refractivity contribution >= 4 is 33.8 Å². The number of anilines is 1. The molecule has 0 saturated carbocycles. The van der Waals surface area contributed by atoms with E-state index in [0.29, 0.717) is 18.0 Å². The summed E-state index contributed by atoms with van der Waals surface area (Å²) in [6.45, 7) is 2.14. The van der Waals surface area contributed by atoms with Gasteiger partial charge in [-0.2, -0.15) is 10.2 Å². The molecule has 2 N–H and O–H groups in total. The van der Waals surface area contributed by atoms with Crippen LogP contribution in [-0.4, -0.2) is 42.0 Å². The van der Waals surface area contributed by atoms with Crippen LogP contribution in [-0.2, 0) is 4.74 Å². The minimum atomic E-state index is 0.513. The lowest BCUT2D eigenvalue weighted by Crippen LogP contribution is -2.31. The molecule has 0 amide bonds. The highest BCUT2D eigenvalue weighted by Crippen LogP contribution is 2.24. The molecular formula is C14H18N4OS. The molecule has 6 heteroatoms. The molecule has 0 bridgehead atoms. The van der Waals surface area contributed by atoms with E-state index in [4.69, 9.17) is 22.7 Å². The van der Waals surface area contributed by atoms with Crippen molar-refractivity contribution in [1.82, 2.24) is 10.2 Å². The van der Waals surface area contributed by atoms with Gasteiger partial charge >= 0.3 is 0 Å². The van der Waals surface area contributed by atoms with Gasteiger partial charge < -0.3 is 15.4 Å². The van der Waals surface area contributed by atoms with Crippen molar-refractivity contribution in [3.63, 3.8) is 0 Å². The highest BCUT2D eigenvalue weighted by molar-refractivity contribution is 7.80. The van der Waals surface area contributed by atoms with Gasteiger partial charge in [0.05, 0.1) is 29.0 Å². The van der Waals surface area contributed by atoms with Gasteiger partial charge in [-0.15, -0.1) is 0 Å². The molecule has 1 aromatic carbocycles. The van der Waals surface area contributed by atoms with Crippen molar-refractivity contribution in [3.05, 3.63) is 30.5 Å². The van der Waals surface area contributed by atoms with Crippen LogP contribution in [0.25, 0.3) is 10.9 Å². The number of rotatable bonds is 7. The van der Waals surface area contributed by atoms with E-state index in [0.717, 1.165) is 29.7 Å². The average molecular weight is 290 g/mol. The second-order valence-corrected chi connectivity index (χ2v) is 4.97. The predicted octanol–water partition coefficient (Wildman–Crippen LogP) is 1.76. The van der Waals surface area contributed by atoms with Gasteiger partial charge in [0.1, 0.15) is 0 Å². The van der Waals surface area contributed by atoms with E-state index in [9.17, 15) is 0 Å². The number of methoxy groups -OCH3 is 1. The van der Waals surface area contributed by atoms with E-state index in [1.165, 1.54) is 0 Å². The number of aromatic nitrogens is 2. The van der Waals surface area contributed by atoms with Crippen molar-refractivity contribution in [1.29, 1.82) is 0 Å². The van der Waals surface area contributed by atoms with E-state index in [2.05, 4.69) is 15.1 Å². The maximum absolute atomic E-state index is 5.61. The number of hydrogen-bond acceptors (Lipinski definition) is 5. The zero-order chi connectivity index (χ0) is 14.4. The predicted molar refractivity (Wildman–Crippen MR) is 85.0 cm³/mol. The molecule has 0 saturated heterocycles. The molecular weight excluding hydrogens is 272 g/mol. The van der Waals surface area contributed by atoms with Crippen LogP contribution in [0.4, 0.5) is 5.69 Å². The number of hydrogen-bond donors (Lipinski definition) is 1. The van der Waals surface area contributed by atoms with Gasteiger partial charge in [-0.1, -0.05) is 30.4 Å². The number of thiocarbonyl (C=S) groups is 1. The van der Waals surface area contributed by atoms with Crippen LogP contribution in [0.1, 0.15) is 6.42 Å². The molecule has 1 heterocycles. The van der Waals surface area contributed by atoms with Crippen molar-refractivity contribution < 1.29 is 4.74 Å². The van der Waals surface area contributed by atoms with E-state index >= 15 is 0 Å². The van der Waals surface area contributed by atoms with Crippen LogP contribution in [0.5, 0.6) is 0 Å². The second kappa shape index (κ2) is 7.12. The summed E-state index contributed by atoms with van der Waals surface area (Å²) >= 11 is 4.96. The Bertz CT molecular complexity index is 585. The fraction of sp³-hybridized carbons (Fsp3) is 0.357. The minimum absolute atomic E-state index is 0.513. The fourth-order valence-corrected chi connectivity index (χ4v) is 2.14. The Balaban J connectivity index is 2.31. The van der Waals surface area contributed by atoms with Crippen molar-refractivity contribution in [3.8, 4) is 0 Å². The maximum atomic E-state index is 5.61. The number of fused-ring (bicyclic) bond motifs is 1. The first-order chi connectivity index (χ1) is 9.72. The van der Waals surface area contributed by atoms with Gasteiger partial charge in [0.15, 0.2) is 0 Å². The third-order valence-corrected chi connectivity index (χ3v) is 3.26. The summed E-state index contributed by atoms with van der Waals surface area (Å²) in [6.07, 6.45) is 2.44. The van der Waals surface area contributed by atoms with Gasteiger partial charge in [0.25, 0.3) is 0 Å². The molecule has 106 valence electrons. The van der Waals surface area contributed by atoms with Crippen LogP contribution in [0.3, 0.4) is 0 Å². The third kappa shape index (κ3) is 3.61. The maximum Gasteiger partial charge on any atom is 0.0950 e. The number of ether oxygens (including phenoxy) is 1. The van der Waals surface area contributed by atoms with Crippen LogP contribution in [0.2, 0.25) is 0 Å². The summed E-state index contributed by atoms with van der Waals surface area (Å²) in [4.78, 5) is 2.69. The highest BCUT2D eigenvalue weighted by Gasteiger charge is 2.11. The largest absolute Gasteiger partial charge is 0.393 e. The molecule has 0 radical (unpaired) electrons. The normalized spacial score (nSPS) is 10.7. The summed E-state index contributed by atoms with van der Waals surface area (Å²) in [5, 5.41) is 9.28. The Morgan fingerprint density at radius 1 is 1.35 bits per heavy atom. The molecule has 2 aromatic rings. The van der Waals surface area contributed by atoms with E-state index in [1.54, 1.807) is 13.3 Å². The first-order valence-electron chi connectivity index (χ1n) is 6.45. The lowest BCUT2D eigenvalue weighted by Gasteiger charge is -2.25. The third-order valence-electron chi connectivity index (χ3n) is 3.06. The fourth-order valence-electron chi connectivity index (χ4n) is 2.04. The molecule has 20 heavy (non-hydrogen) atoms. The summed E-state index contributed by atoms with van der Waals surface area (Å²) in [5.74, 6) is 0. The summed E-state index contributed by atoms with van der Waals surface area (Å²) < 4.78 is 5.17. The lowest BCUT2D eigenvalue weighted by molar-refractivity contribution is 0.205. The Labute approximate surface area is 123 Å². The molecule has 0 spiro atoms. The minimum Gasteiger partial charge on any atom is -0.393 e. The number of benzene rings is 1. The monoisotopic (exact) mass is 290 g/mol. The second-order valence-electron chi connectivity index (χ2n) is 4.44. The van der Waals surface area contributed by atoms with E-state index in [-0.39, 0.29) is 0 Å². The number of nitrogens with two attached hydrogens (primary N) is 1. The van der Waals surface area contributed by atoms with Crippen LogP contribution in [0.15, 0.2) is 30.5 Å². The summed E-state index contributed by atoms with van der Waals surface area (Å²) in [7, 11) is 1.69. The smallest absolute Gasteiger partial charge is 0.0950 e. The highest BCUT2D eigenvalue weighted by atomic mass is 32.1. The molecule has 0 unspecified atom stereocenters. The Morgan fingerprint density at radius 2 is 2.15 bits per heavy atom.